The average molecular weight is 235 g/mol. The molecule has 0 bridgehead atoms. The Morgan fingerprint density at radius 2 is 1.94 bits per heavy atom. The van der Waals surface area contributed by atoms with Crippen molar-refractivity contribution >= 4 is 0 Å². The first-order chi connectivity index (χ1) is 8.33. The van der Waals surface area contributed by atoms with E-state index in [1.807, 2.05) is 12.1 Å². The molecule has 1 aromatic rings. The van der Waals surface area contributed by atoms with Crippen LogP contribution in [0, 0.1) is 11.7 Å². The molecule has 1 N–H and O–H groups in total. The third kappa shape index (κ3) is 2.67. The lowest BCUT2D eigenvalue weighted by molar-refractivity contribution is 0.0809. The van der Waals surface area contributed by atoms with Crippen molar-refractivity contribution < 1.29 is 9.13 Å². The van der Waals surface area contributed by atoms with Gasteiger partial charge in [0.1, 0.15) is 5.82 Å². The van der Waals surface area contributed by atoms with Crippen molar-refractivity contribution in [2.24, 2.45) is 5.92 Å². The van der Waals surface area contributed by atoms with Crippen LogP contribution in [-0.4, -0.2) is 18.8 Å². The predicted octanol–water partition coefficient (Wildman–Crippen LogP) is 2.48. The minimum atomic E-state index is -0.172. The van der Waals surface area contributed by atoms with Gasteiger partial charge in [-0.1, -0.05) is 12.1 Å². The Balaban J connectivity index is 1.54. The van der Waals surface area contributed by atoms with Crippen LogP contribution >= 0.6 is 0 Å². The van der Waals surface area contributed by atoms with Crippen LogP contribution in [0.15, 0.2) is 24.3 Å². The van der Waals surface area contributed by atoms with Crippen molar-refractivity contribution in [1.82, 2.24) is 5.32 Å². The van der Waals surface area contributed by atoms with Crippen molar-refractivity contribution in [2.45, 2.75) is 38.0 Å². The molecule has 0 spiro atoms. The van der Waals surface area contributed by atoms with Crippen LogP contribution in [0.2, 0.25) is 0 Å². The number of hydrogen-bond acceptors (Lipinski definition) is 2. The minimum absolute atomic E-state index is 0.172. The van der Waals surface area contributed by atoms with E-state index in [1.165, 1.54) is 25.0 Å². The summed E-state index contributed by atoms with van der Waals surface area (Å²) in [4.78, 5) is 0. The topological polar surface area (TPSA) is 21.3 Å². The monoisotopic (exact) mass is 235 g/mol. The lowest BCUT2D eigenvalue weighted by atomic mass is 10.1. The SMILES string of the molecule is Fc1ccc(CNC2CCOC2C2CC2)cc1. The summed E-state index contributed by atoms with van der Waals surface area (Å²) in [5, 5.41) is 3.54. The van der Waals surface area contributed by atoms with Gasteiger partial charge in [-0.25, -0.2) is 4.39 Å². The van der Waals surface area contributed by atoms with Gasteiger partial charge in [0, 0.05) is 19.2 Å². The molecule has 0 radical (unpaired) electrons. The van der Waals surface area contributed by atoms with Crippen molar-refractivity contribution in [3.05, 3.63) is 35.6 Å². The Morgan fingerprint density at radius 3 is 2.65 bits per heavy atom. The zero-order valence-electron chi connectivity index (χ0n) is 9.86. The number of ether oxygens (including phenoxy) is 1. The van der Waals surface area contributed by atoms with Crippen LogP contribution < -0.4 is 5.32 Å². The fourth-order valence-electron chi connectivity index (χ4n) is 2.57. The summed E-state index contributed by atoms with van der Waals surface area (Å²) in [5.41, 5.74) is 1.13. The van der Waals surface area contributed by atoms with Crippen LogP contribution in [0.4, 0.5) is 4.39 Å². The second-order valence-electron chi connectivity index (χ2n) is 5.08. The van der Waals surface area contributed by atoms with E-state index < -0.39 is 0 Å². The van der Waals surface area contributed by atoms with Crippen LogP contribution in [0.1, 0.15) is 24.8 Å². The molecule has 1 heterocycles. The van der Waals surface area contributed by atoms with Gasteiger partial charge in [-0.05, 0) is 42.9 Å². The lowest BCUT2D eigenvalue weighted by Gasteiger charge is -2.19. The second kappa shape index (κ2) is 4.75. The summed E-state index contributed by atoms with van der Waals surface area (Å²) in [5.74, 6) is 0.608. The average Bonchev–Trinajstić information content (AvgIpc) is 3.08. The number of benzene rings is 1. The second-order valence-corrected chi connectivity index (χ2v) is 5.08. The Kier molecular flexibility index (Phi) is 3.12. The Morgan fingerprint density at radius 1 is 1.18 bits per heavy atom. The number of rotatable bonds is 4. The molecule has 92 valence electrons. The highest BCUT2D eigenvalue weighted by atomic mass is 19.1. The molecule has 1 saturated heterocycles. The van der Waals surface area contributed by atoms with Crippen molar-refractivity contribution in [2.75, 3.05) is 6.61 Å². The minimum Gasteiger partial charge on any atom is -0.376 e. The summed E-state index contributed by atoms with van der Waals surface area (Å²) in [6.45, 7) is 1.68. The predicted molar refractivity (Wildman–Crippen MR) is 64.1 cm³/mol. The third-order valence-corrected chi connectivity index (χ3v) is 3.70. The molecule has 3 rings (SSSR count). The molecule has 1 saturated carbocycles. The fraction of sp³-hybridized carbons (Fsp3) is 0.571. The van der Waals surface area contributed by atoms with Gasteiger partial charge in [0.05, 0.1) is 6.10 Å². The molecule has 1 aliphatic carbocycles. The number of hydrogen-bond donors (Lipinski definition) is 1. The molecule has 2 unspecified atom stereocenters. The van der Waals surface area contributed by atoms with E-state index in [-0.39, 0.29) is 5.82 Å². The first-order valence-electron chi connectivity index (χ1n) is 6.42. The Bertz CT molecular complexity index is 374. The van der Waals surface area contributed by atoms with Gasteiger partial charge in [0.15, 0.2) is 0 Å². The molecule has 2 aliphatic rings. The summed E-state index contributed by atoms with van der Waals surface area (Å²) in [6.07, 6.45) is 4.15. The quantitative estimate of drug-likeness (QED) is 0.865. The van der Waals surface area contributed by atoms with Crippen LogP contribution in [-0.2, 0) is 11.3 Å². The van der Waals surface area contributed by atoms with Gasteiger partial charge in [0.25, 0.3) is 0 Å². The summed E-state index contributed by atoms with van der Waals surface area (Å²) in [6, 6.07) is 7.18. The van der Waals surface area contributed by atoms with Gasteiger partial charge in [-0.2, -0.15) is 0 Å². The van der Waals surface area contributed by atoms with E-state index in [0.29, 0.717) is 12.1 Å². The zero-order chi connectivity index (χ0) is 11.7. The number of nitrogens with one attached hydrogen (secondary N) is 1. The van der Waals surface area contributed by atoms with E-state index >= 15 is 0 Å². The first-order valence-corrected chi connectivity index (χ1v) is 6.42. The summed E-state index contributed by atoms with van der Waals surface area (Å²) < 4.78 is 18.5. The van der Waals surface area contributed by atoms with Gasteiger partial charge in [0.2, 0.25) is 0 Å². The smallest absolute Gasteiger partial charge is 0.123 e. The van der Waals surface area contributed by atoms with Gasteiger partial charge < -0.3 is 10.1 Å². The number of halogens is 1. The highest BCUT2D eigenvalue weighted by molar-refractivity contribution is 5.16. The molecule has 0 amide bonds. The molecular formula is C14H18FNO. The highest BCUT2D eigenvalue weighted by Crippen LogP contribution is 2.38. The van der Waals surface area contributed by atoms with E-state index in [4.69, 9.17) is 4.74 Å². The molecule has 3 heteroatoms. The van der Waals surface area contributed by atoms with Crippen LogP contribution in [0.25, 0.3) is 0 Å². The van der Waals surface area contributed by atoms with E-state index in [1.54, 1.807) is 0 Å². The molecule has 1 aliphatic heterocycles. The summed E-state index contributed by atoms with van der Waals surface area (Å²) in [7, 11) is 0. The largest absolute Gasteiger partial charge is 0.376 e. The van der Waals surface area contributed by atoms with Crippen LogP contribution in [0.3, 0.4) is 0 Å². The molecule has 17 heavy (non-hydrogen) atoms. The van der Waals surface area contributed by atoms with Gasteiger partial charge >= 0.3 is 0 Å². The van der Waals surface area contributed by atoms with E-state index in [9.17, 15) is 4.39 Å². The zero-order valence-corrected chi connectivity index (χ0v) is 9.86. The third-order valence-electron chi connectivity index (χ3n) is 3.70. The maximum atomic E-state index is 12.8. The van der Waals surface area contributed by atoms with Gasteiger partial charge in [-0.15, -0.1) is 0 Å². The van der Waals surface area contributed by atoms with Crippen molar-refractivity contribution in [1.29, 1.82) is 0 Å². The van der Waals surface area contributed by atoms with Crippen molar-refractivity contribution in [3.63, 3.8) is 0 Å². The van der Waals surface area contributed by atoms with E-state index in [0.717, 1.165) is 31.1 Å². The normalized spacial score (nSPS) is 28.5. The van der Waals surface area contributed by atoms with Crippen LogP contribution in [0.5, 0.6) is 0 Å². The highest BCUT2D eigenvalue weighted by Gasteiger charge is 2.40. The Labute approximate surface area is 101 Å². The first kappa shape index (κ1) is 11.2. The van der Waals surface area contributed by atoms with Gasteiger partial charge in [-0.3, -0.25) is 0 Å². The maximum absolute atomic E-state index is 12.8. The standard InChI is InChI=1S/C14H18FNO/c15-12-5-1-10(2-6-12)9-16-13-7-8-17-14(13)11-3-4-11/h1-2,5-6,11,13-14,16H,3-4,7-9H2. The molecule has 2 fully saturated rings. The van der Waals surface area contributed by atoms with E-state index in [2.05, 4.69) is 5.32 Å². The lowest BCUT2D eigenvalue weighted by Crippen LogP contribution is -2.37. The molecule has 2 nitrogen and oxygen atoms in total. The molecule has 1 aromatic carbocycles. The molecular weight excluding hydrogens is 217 g/mol. The fourth-order valence-corrected chi connectivity index (χ4v) is 2.57. The molecule has 0 aromatic heterocycles. The molecule has 2 atom stereocenters. The maximum Gasteiger partial charge on any atom is 0.123 e. The Hall–Kier alpha value is -0.930. The summed E-state index contributed by atoms with van der Waals surface area (Å²) >= 11 is 0. The van der Waals surface area contributed by atoms with Crippen molar-refractivity contribution in [3.8, 4) is 0 Å².